The highest BCUT2D eigenvalue weighted by molar-refractivity contribution is 7.98. The number of cyclic esters (lactones) is 1. The third-order valence-electron chi connectivity index (χ3n) is 12.2. The van der Waals surface area contributed by atoms with Crippen molar-refractivity contribution in [3.8, 4) is 22.4 Å². The molecule has 2 aromatic carbocycles. The van der Waals surface area contributed by atoms with Gasteiger partial charge in [0, 0.05) is 74.4 Å². The molecule has 65 heavy (non-hydrogen) atoms. The summed E-state index contributed by atoms with van der Waals surface area (Å²) in [7, 11) is 3.31. The number of methoxy groups -OCH3 is 1. The number of likely N-dealkylation sites (N-methyl/N-ethyl adjacent to an activating group) is 1. The molecule has 2 N–H and O–H groups in total. The van der Waals surface area contributed by atoms with Crippen molar-refractivity contribution in [3.05, 3.63) is 77.6 Å². The van der Waals surface area contributed by atoms with E-state index < -0.39 is 35.4 Å². The van der Waals surface area contributed by atoms with Crippen molar-refractivity contribution < 1.29 is 28.7 Å². The van der Waals surface area contributed by atoms with Gasteiger partial charge in [-0.3, -0.25) is 29.2 Å². The monoisotopic (exact) mass is 906 g/mol. The van der Waals surface area contributed by atoms with Crippen molar-refractivity contribution in [1.29, 1.82) is 0 Å². The van der Waals surface area contributed by atoms with Crippen molar-refractivity contribution in [1.82, 2.24) is 30.2 Å². The van der Waals surface area contributed by atoms with Crippen LogP contribution >= 0.6 is 11.8 Å². The SMILES string of the molecule is CCn1c(-c2cnccc2COC)c2c3cc(ccc31)-c1cccc(c1)C[C@H](NC(=O)[C@H](C(C)C)N(C)C(=O)CCN=C=NCCCSC)C(=O)N1CCC[C@H](N1)C(=O)OCC(C)(C)C2. The highest BCUT2D eigenvalue weighted by Gasteiger charge is 2.37. The van der Waals surface area contributed by atoms with Gasteiger partial charge in [-0.2, -0.15) is 11.8 Å². The first-order chi connectivity index (χ1) is 31.3. The minimum atomic E-state index is -1.02. The molecule has 0 saturated carbocycles. The van der Waals surface area contributed by atoms with Crippen molar-refractivity contribution >= 4 is 52.4 Å². The largest absolute Gasteiger partial charge is 0.464 e. The number of esters is 1. The number of carbonyl (C=O) groups is 4. The highest BCUT2D eigenvalue weighted by atomic mass is 32.2. The average Bonchev–Trinajstić information content (AvgIpc) is 3.59. The molecule has 6 bridgehead atoms. The normalized spacial score (nSPS) is 18.1. The third-order valence-corrected chi connectivity index (χ3v) is 12.9. The van der Waals surface area contributed by atoms with E-state index in [1.807, 2.05) is 44.5 Å². The number of benzene rings is 2. The summed E-state index contributed by atoms with van der Waals surface area (Å²) in [6.45, 7) is 12.6. The topological polar surface area (TPSA) is 160 Å². The number of hydrazine groups is 1. The van der Waals surface area contributed by atoms with E-state index in [4.69, 9.17) is 9.47 Å². The van der Waals surface area contributed by atoms with Crippen LogP contribution in [0.5, 0.6) is 0 Å². The molecular weight excluding hydrogens is 841 g/mol. The van der Waals surface area contributed by atoms with Crippen LogP contribution in [0.1, 0.15) is 77.0 Å². The standard InChI is InChI=1S/C50H66N8O6S/c1-9-57-43-17-16-36-27-38(43)39(46(57)40-29-51-21-18-37(40)30-63-7)28-50(4,5)31-64-49(62)41-15-11-23-58(55-41)48(61)42(26-34-13-10-14-35(36)25-34)54-47(60)45(33(2)3)56(6)44(59)19-22-53-32-52-20-12-24-65-8/h10,13-14,16-18,21,25,27,29,33,41-42,45,55H,9,11-12,15,19-20,22-24,26,28,30-31H2,1-8H3,(H,54,60)/t41-,42-,45-/m0/s1. The van der Waals surface area contributed by atoms with Gasteiger partial charge in [0.05, 0.1) is 38.0 Å². The maximum atomic E-state index is 14.6. The number of fused-ring (bicyclic) bond motifs is 6. The quantitative estimate of drug-likeness (QED) is 0.0729. The molecule has 3 atom stereocenters. The summed E-state index contributed by atoms with van der Waals surface area (Å²) in [6.07, 6.45) is 8.58. The zero-order valence-corrected chi connectivity index (χ0v) is 40.1. The lowest BCUT2D eigenvalue weighted by Gasteiger charge is -2.36. The fraction of sp³-hybridized carbons (Fsp3) is 0.520. The smallest absolute Gasteiger partial charge is 0.324 e. The minimum Gasteiger partial charge on any atom is -0.464 e. The first kappa shape index (κ1) is 49.1. The molecule has 3 amide bonds. The van der Waals surface area contributed by atoms with Gasteiger partial charge in [-0.1, -0.05) is 58.0 Å². The molecule has 2 aliphatic rings. The van der Waals surface area contributed by atoms with Gasteiger partial charge in [-0.05, 0) is 96.5 Å². The first-order valence-corrected chi connectivity index (χ1v) is 24.2. The molecule has 4 aromatic rings. The zero-order chi connectivity index (χ0) is 46.7. The molecule has 0 spiro atoms. The third kappa shape index (κ3) is 12.1. The van der Waals surface area contributed by atoms with Crippen molar-refractivity contribution in [2.24, 2.45) is 21.3 Å². The Morgan fingerprint density at radius 2 is 1.91 bits per heavy atom. The van der Waals surface area contributed by atoms with Gasteiger partial charge in [0.1, 0.15) is 18.1 Å². The Balaban J connectivity index is 1.37. The summed E-state index contributed by atoms with van der Waals surface area (Å²) in [5, 5.41) is 5.59. The van der Waals surface area contributed by atoms with E-state index in [1.54, 1.807) is 32.1 Å². The van der Waals surface area contributed by atoms with E-state index >= 15 is 0 Å². The fourth-order valence-corrected chi connectivity index (χ4v) is 9.37. The lowest BCUT2D eigenvalue weighted by molar-refractivity contribution is -0.155. The lowest BCUT2D eigenvalue weighted by atomic mass is 9.84. The average molecular weight is 907 g/mol. The van der Waals surface area contributed by atoms with E-state index in [2.05, 4.69) is 87.4 Å². The number of rotatable bonds is 15. The Labute approximate surface area is 388 Å². The Morgan fingerprint density at radius 3 is 2.66 bits per heavy atom. The lowest BCUT2D eigenvalue weighted by Crippen LogP contribution is -2.62. The summed E-state index contributed by atoms with van der Waals surface area (Å²) in [4.78, 5) is 70.6. The molecule has 0 radical (unpaired) electrons. The van der Waals surface area contributed by atoms with Crippen molar-refractivity contribution in [3.63, 3.8) is 0 Å². The predicted molar refractivity (Wildman–Crippen MR) is 258 cm³/mol. The van der Waals surface area contributed by atoms with Gasteiger partial charge in [-0.25, -0.2) is 15.4 Å². The second-order valence-corrected chi connectivity index (χ2v) is 19.1. The number of nitrogens with zero attached hydrogens (tertiary/aromatic N) is 6. The molecule has 1 fully saturated rings. The first-order valence-electron chi connectivity index (χ1n) is 22.8. The van der Waals surface area contributed by atoms with E-state index in [1.165, 1.54) is 9.91 Å². The molecule has 348 valence electrons. The van der Waals surface area contributed by atoms with E-state index in [9.17, 15) is 19.2 Å². The summed E-state index contributed by atoms with van der Waals surface area (Å²) in [5.74, 6) is -0.787. The van der Waals surface area contributed by atoms with Crippen molar-refractivity contribution in [2.45, 2.75) is 104 Å². The predicted octanol–water partition coefficient (Wildman–Crippen LogP) is 6.99. The Hall–Kier alpha value is -5.34. The molecule has 6 rings (SSSR count). The number of hydrogen-bond donors (Lipinski definition) is 2. The molecule has 14 nitrogen and oxygen atoms in total. The molecule has 15 heteroatoms. The second-order valence-electron chi connectivity index (χ2n) is 18.2. The molecular formula is C50H66N8O6S. The van der Waals surface area contributed by atoms with E-state index in [0.717, 1.165) is 62.2 Å². The second kappa shape index (κ2) is 22.7. The number of aliphatic imine (C=N–C) groups is 2. The summed E-state index contributed by atoms with van der Waals surface area (Å²) in [5.41, 5.74) is 10.8. The van der Waals surface area contributed by atoms with Gasteiger partial charge in [-0.15, -0.1) is 0 Å². The summed E-state index contributed by atoms with van der Waals surface area (Å²) >= 11 is 1.76. The Kier molecular flexibility index (Phi) is 17.2. The number of amides is 3. The van der Waals surface area contributed by atoms with Crippen LogP contribution in [0, 0.1) is 11.3 Å². The number of carbonyl (C=O) groups excluding carboxylic acids is 4. The van der Waals surface area contributed by atoms with Crippen LogP contribution in [-0.2, 0) is 54.6 Å². The number of nitrogens with one attached hydrogen (secondary N) is 2. The fourth-order valence-electron chi connectivity index (χ4n) is 8.95. The molecule has 0 aliphatic carbocycles. The van der Waals surface area contributed by atoms with E-state index in [-0.39, 0.29) is 43.7 Å². The van der Waals surface area contributed by atoms with Crippen LogP contribution in [0.2, 0.25) is 0 Å². The van der Waals surface area contributed by atoms with Gasteiger partial charge in [0.25, 0.3) is 5.91 Å². The molecule has 1 saturated heterocycles. The van der Waals surface area contributed by atoms with Crippen LogP contribution in [-0.4, -0.2) is 120 Å². The number of pyridine rings is 1. The maximum absolute atomic E-state index is 14.6. The maximum Gasteiger partial charge on any atom is 0.324 e. The molecule has 2 aromatic heterocycles. The number of thioether (sulfide) groups is 1. The summed E-state index contributed by atoms with van der Waals surface area (Å²) < 4.78 is 14.1. The van der Waals surface area contributed by atoms with E-state index in [0.29, 0.717) is 45.5 Å². The van der Waals surface area contributed by atoms with Gasteiger partial charge in [0.15, 0.2) is 0 Å². The molecule has 4 heterocycles. The van der Waals surface area contributed by atoms with Crippen LogP contribution in [0.3, 0.4) is 0 Å². The molecule has 0 unspecified atom stereocenters. The Bertz CT molecular complexity index is 2390. The van der Waals surface area contributed by atoms with Gasteiger partial charge < -0.3 is 24.3 Å². The minimum absolute atomic E-state index is 0.0813. The Morgan fingerprint density at radius 1 is 1.12 bits per heavy atom. The number of hydrogen-bond acceptors (Lipinski definition) is 11. The number of aryl methyl sites for hydroxylation is 1. The van der Waals surface area contributed by atoms with Crippen LogP contribution in [0.15, 0.2) is 70.9 Å². The van der Waals surface area contributed by atoms with Crippen LogP contribution in [0.4, 0.5) is 0 Å². The number of aromatic nitrogens is 2. The van der Waals surface area contributed by atoms with Gasteiger partial charge in [0.2, 0.25) is 11.8 Å². The summed E-state index contributed by atoms with van der Waals surface area (Å²) in [6, 6.07) is 16.6. The van der Waals surface area contributed by atoms with Crippen LogP contribution in [0.25, 0.3) is 33.3 Å². The zero-order valence-electron chi connectivity index (χ0n) is 39.3. The van der Waals surface area contributed by atoms with Gasteiger partial charge >= 0.3 is 5.97 Å². The van der Waals surface area contributed by atoms with Crippen LogP contribution < -0.4 is 10.7 Å². The highest BCUT2D eigenvalue weighted by Crippen LogP contribution is 2.41. The molecule has 2 aliphatic heterocycles. The number of ether oxygens (including phenoxy) is 2. The van der Waals surface area contributed by atoms with Crippen molar-refractivity contribution in [2.75, 3.05) is 52.4 Å².